The molecule has 0 aromatic heterocycles. The van der Waals surface area contributed by atoms with Crippen molar-refractivity contribution >= 4 is 35.1 Å². The second-order valence-electron chi connectivity index (χ2n) is 5.88. The fourth-order valence-electron chi connectivity index (χ4n) is 3.20. The van der Waals surface area contributed by atoms with Crippen LogP contribution >= 0.6 is 0 Å². The van der Waals surface area contributed by atoms with Gasteiger partial charge in [0.2, 0.25) is 0 Å². The summed E-state index contributed by atoms with van der Waals surface area (Å²) in [5.74, 6) is -0.0520. The van der Waals surface area contributed by atoms with E-state index in [1.165, 1.54) is 17.9 Å². The molecule has 23 heavy (non-hydrogen) atoms. The van der Waals surface area contributed by atoms with Crippen molar-refractivity contribution in [3.8, 4) is 0 Å². The third kappa shape index (κ3) is 3.18. The van der Waals surface area contributed by atoms with Crippen LogP contribution in [0.4, 0.5) is 11.4 Å². The molecule has 0 spiro atoms. The van der Waals surface area contributed by atoms with E-state index >= 15 is 0 Å². The van der Waals surface area contributed by atoms with E-state index in [-0.39, 0.29) is 18.8 Å². The SMILES string of the molecule is C=CCC[C@H](CC(=O)OC)B1Nc2cccc3cccc(c23)N1. The monoisotopic (exact) mass is 308 g/mol. The first-order valence-electron chi connectivity index (χ1n) is 7.95. The van der Waals surface area contributed by atoms with Gasteiger partial charge in [-0.2, -0.15) is 0 Å². The molecule has 2 N–H and O–H groups in total. The highest BCUT2D eigenvalue weighted by Crippen LogP contribution is 2.37. The number of anilines is 2. The first-order chi connectivity index (χ1) is 11.2. The van der Waals surface area contributed by atoms with Crippen LogP contribution in [0, 0.1) is 0 Å². The van der Waals surface area contributed by atoms with Gasteiger partial charge in [-0.3, -0.25) is 4.79 Å². The average molecular weight is 308 g/mol. The van der Waals surface area contributed by atoms with Gasteiger partial charge < -0.3 is 15.2 Å². The number of hydrogen-bond acceptors (Lipinski definition) is 4. The maximum absolute atomic E-state index is 11.8. The van der Waals surface area contributed by atoms with Crippen molar-refractivity contribution in [2.45, 2.75) is 25.1 Å². The number of carbonyl (C=O) groups is 1. The molecule has 0 saturated carbocycles. The van der Waals surface area contributed by atoms with Gasteiger partial charge in [-0.25, -0.2) is 0 Å². The normalized spacial score (nSPS) is 13.9. The summed E-state index contributed by atoms with van der Waals surface area (Å²) in [4.78, 5) is 11.8. The Balaban J connectivity index is 1.88. The number of esters is 1. The molecule has 0 bridgehead atoms. The third-order valence-electron chi connectivity index (χ3n) is 4.40. The maximum atomic E-state index is 11.8. The maximum Gasteiger partial charge on any atom is 0.374 e. The Morgan fingerprint density at radius 1 is 1.26 bits per heavy atom. The molecule has 0 saturated heterocycles. The van der Waals surface area contributed by atoms with Crippen LogP contribution in [0.2, 0.25) is 5.82 Å². The van der Waals surface area contributed by atoms with Crippen molar-refractivity contribution in [1.29, 1.82) is 0 Å². The first kappa shape index (κ1) is 15.5. The number of carbonyl (C=O) groups excluding carboxylic acids is 1. The van der Waals surface area contributed by atoms with Crippen LogP contribution in [0.15, 0.2) is 49.1 Å². The second kappa shape index (κ2) is 6.77. The Kier molecular flexibility index (Phi) is 4.56. The summed E-state index contributed by atoms with van der Waals surface area (Å²) in [6.45, 7) is 3.78. The van der Waals surface area contributed by atoms with Crippen LogP contribution in [0.1, 0.15) is 19.3 Å². The van der Waals surface area contributed by atoms with Gasteiger partial charge in [-0.05, 0) is 36.2 Å². The van der Waals surface area contributed by atoms with Crippen molar-refractivity contribution < 1.29 is 9.53 Å². The number of hydrogen-bond donors (Lipinski definition) is 2. The minimum Gasteiger partial charge on any atom is -0.469 e. The lowest BCUT2D eigenvalue weighted by molar-refractivity contribution is -0.140. The van der Waals surface area contributed by atoms with Crippen LogP contribution in [0.5, 0.6) is 0 Å². The predicted octanol–water partition coefficient (Wildman–Crippen LogP) is 4.06. The zero-order valence-corrected chi connectivity index (χ0v) is 13.3. The van der Waals surface area contributed by atoms with Crippen LogP contribution < -0.4 is 10.5 Å². The first-order valence-corrected chi connectivity index (χ1v) is 7.95. The molecule has 5 heteroatoms. The number of allylic oxidation sites excluding steroid dienone is 1. The molecule has 1 aliphatic heterocycles. The molecule has 118 valence electrons. The zero-order valence-electron chi connectivity index (χ0n) is 13.3. The van der Waals surface area contributed by atoms with E-state index in [9.17, 15) is 4.79 Å². The largest absolute Gasteiger partial charge is 0.469 e. The quantitative estimate of drug-likeness (QED) is 0.480. The zero-order chi connectivity index (χ0) is 16.2. The van der Waals surface area contributed by atoms with E-state index in [1.54, 1.807) is 0 Å². The summed E-state index contributed by atoms with van der Waals surface area (Å²) in [7, 11) is 1.44. The van der Waals surface area contributed by atoms with Crippen molar-refractivity contribution in [3.63, 3.8) is 0 Å². The average Bonchev–Trinajstić information content (AvgIpc) is 2.58. The van der Waals surface area contributed by atoms with Crippen molar-refractivity contribution in [2.24, 2.45) is 0 Å². The predicted molar refractivity (Wildman–Crippen MR) is 96.8 cm³/mol. The van der Waals surface area contributed by atoms with E-state index in [1.807, 2.05) is 6.08 Å². The molecule has 0 aliphatic carbocycles. The molecule has 0 radical (unpaired) electrons. The summed E-state index contributed by atoms with van der Waals surface area (Å²) in [6, 6.07) is 12.5. The number of rotatable bonds is 6. The van der Waals surface area contributed by atoms with Gasteiger partial charge in [0.1, 0.15) is 0 Å². The van der Waals surface area contributed by atoms with Gasteiger partial charge in [0.05, 0.1) is 7.11 Å². The Morgan fingerprint density at radius 3 is 2.48 bits per heavy atom. The van der Waals surface area contributed by atoms with Crippen LogP contribution in [0.3, 0.4) is 0 Å². The summed E-state index contributed by atoms with van der Waals surface area (Å²) in [6.07, 6.45) is 4.02. The van der Waals surface area contributed by atoms with E-state index in [4.69, 9.17) is 4.74 Å². The lowest BCUT2D eigenvalue weighted by atomic mass is 9.57. The highest BCUT2D eigenvalue weighted by molar-refractivity contribution is 6.69. The van der Waals surface area contributed by atoms with Crippen LogP contribution in [-0.2, 0) is 9.53 Å². The molecule has 1 atom stereocenters. The van der Waals surface area contributed by atoms with Crippen LogP contribution in [-0.4, -0.2) is 20.1 Å². The molecular formula is C18H21BN2O2. The smallest absolute Gasteiger partial charge is 0.374 e. The number of methoxy groups -OCH3 is 1. The second-order valence-corrected chi connectivity index (χ2v) is 5.88. The molecule has 2 aromatic rings. The van der Waals surface area contributed by atoms with E-state index in [2.05, 4.69) is 53.4 Å². The van der Waals surface area contributed by atoms with E-state index in [0.29, 0.717) is 6.42 Å². The minimum absolute atomic E-state index is 0.00505. The van der Waals surface area contributed by atoms with Crippen molar-refractivity contribution in [3.05, 3.63) is 49.1 Å². The molecule has 2 aromatic carbocycles. The van der Waals surface area contributed by atoms with Gasteiger partial charge in [-0.15, -0.1) is 6.58 Å². The van der Waals surface area contributed by atoms with Crippen LogP contribution in [0.25, 0.3) is 10.8 Å². The molecule has 1 heterocycles. The molecular weight excluding hydrogens is 287 g/mol. The fraction of sp³-hybridized carbons (Fsp3) is 0.278. The minimum atomic E-state index is -0.181. The molecule has 0 amide bonds. The highest BCUT2D eigenvalue weighted by Gasteiger charge is 2.32. The Morgan fingerprint density at radius 2 is 1.91 bits per heavy atom. The molecule has 4 nitrogen and oxygen atoms in total. The molecule has 0 fully saturated rings. The van der Waals surface area contributed by atoms with E-state index < -0.39 is 0 Å². The lowest BCUT2D eigenvalue weighted by Gasteiger charge is -2.31. The Labute approximate surface area is 137 Å². The topological polar surface area (TPSA) is 50.4 Å². The molecule has 3 rings (SSSR count). The Bertz CT molecular complexity index is 691. The molecule has 1 aliphatic rings. The summed E-state index contributed by atoms with van der Waals surface area (Å²) >= 11 is 0. The van der Waals surface area contributed by atoms with Gasteiger partial charge in [0.25, 0.3) is 0 Å². The van der Waals surface area contributed by atoms with Crippen molar-refractivity contribution in [2.75, 3.05) is 17.6 Å². The van der Waals surface area contributed by atoms with Gasteiger partial charge in [0, 0.05) is 23.2 Å². The lowest BCUT2D eigenvalue weighted by Crippen LogP contribution is -2.42. The van der Waals surface area contributed by atoms with Gasteiger partial charge >= 0.3 is 13.0 Å². The number of benzene rings is 2. The number of nitrogens with one attached hydrogen (secondary N) is 2. The van der Waals surface area contributed by atoms with Crippen molar-refractivity contribution in [1.82, 2.24) is 0 Å². The summed E-state index contributed by atoms with van der Waals surface area (Å²) in [5, 5.41) is 9.50. The fourth-order valence-corrected chi connectivity index (χ4v) is 3.20. The summed E-state index contributed by atoms with van der Waals surface area (Å²) in [5.41, 5.74) is 2.21. The highest BCUT2D eigenvalue weighted by atomic mass is 16.5. The third-order valence-corrected chi connectivity index (χ3v) is 4.40. The number of ether oxygens (including phenoxy) is 1. The summed E-state index contributed by atoms with van der Waals surface area (Å²) < 4.78 is 4.86. The van der Waals surface area contributed by atoms with Gasteiger partial charge in [0.15, 0.2) is 0 Å². The Hall–Kier alpha value is -2.43. The van der Waals surface area contributed by atoms with Gasteiger partial charge in [-0.1, -0.05) is 30.3 Å². The van der Waals surface area contributed by atoms with E-state index in [0.717, 1.165) is 24.2 Å². The molecule has 0 unspecified atom stereocenters. The standard InChI is InChI=1S/C18H21BN2O2/c1-3-4-9-14(12-17(22)23-2)19-20-15-10-5-7-13-8-6-11-16(21-19)18(13)15/h3,5-8,10-11,14,20-21H,1,4,9,12H2,2H3/t14-/m1/s1.